The van der Waals surface area contributed by atoms with Crippen LogP contribution in [0.25, 0.3) is 0 Å². The van der Waals surface area contributed by atoms with Crippen molar-refractivity contribution in [3.05, 3.63) is 93.5 Å². The van der Waals surface area contributed by atoms with Crippen molar-refractivity contribution in [3.63, 3.8) is 0 Å². The van der Waals surface area contributed by atoms with E-state index in [1.807, 2.05) is 72.8 Å². The molecule has 124 valence electrons. The second-order valence-electron chi connectivity index (χ2n) is 5.67. The first kappa shape index (κ1) is 17.4. The van der Waals surface area contributed by atoms with Crippen LogP contribution in [0.2, 0.25) is 5.02 Å². The second kappa shape index (κ2) is 6.85. The van der Waals surface area contributed by atoms with Crippen LogP contribution in [0.5, 0.6) is 0 Å². The van der Waals surface area contributed by atoms with Crippen molar-refractivity contribution >= 4 is 27.5 Å². The van der Waals surface area contributed by atoms with Gasteiger partial charge in [0, 0.05) is 23.7 Å². The molecular formula is C20H18BrClO2. The molecule has 2 nitrogen and oxygen atoms in total. The highest BCUT2D eigenvalue weighted by Gasteiger charge is 2.36. The second-order valence-corrected chi connectivity index (χ2v) is 7.03. The summed E-state index contributed by atoms with van der Waals surface area (Å²) in [6.45, 7) is 0. The van der Waals surface area contributed by atoms with Crippen LogP contribution >= 0.6 is 27.5 Å². The molecule has 0 fully saturated rings. The third kappa shape index (κ3) is 3.09. The Labute approximate surface area is 155 Å². The molecule has 0 bridgehead atoms. The van der Waals surface area contributed by atoms with Crippen molar-refractivity contribution in [2.24, 2.45) is 0 Å². The Hall–Kier alpha value is -1.39. The van der Waals surface area contributed by atoms with Crippen LogP contribution in [0.3, 0.4) is 0 Å². The lowest BCUT2D eigenvalue weighted by molar-refractivity contribution is 0.0421. The number of hydrogen-bond donors (Lipinski definition) is 0. The maximum atomic E-state index is 6.00. The molecule has 0 aromatic heterocycles. The number of rotatable bonds is 4. The molecule has 0 saturated heterocycles. The number of benzene rings is 2. The Balaban J connectivity index is 2.00. The van der Waals surface area contributed by atoms with E-state index in [2.05, 4.69) is 15.9 Å². The van der Waals surface area contributed by atoms with Gasteiger partial charge < -0.3 is 9.47 Å². The smallest absolute Gasteiger partial charge is 0.129 e. The molecule has 0 spiro atoms. The van der Waals surface area contributed by atoms with Crippen LogP contribution in [-0.4, -0.2) is 14.2 Å². The monoisotopic (exact) mass is 404 g/mol. The van der Waals surface area contributed by atoms with Gasteiger partial charge in [0.15, 0.2) is 0 Å². The summed E-state index contributed by atoms with van der Waals surface area (Å²) in [6, 6.07) is 15.8. The molecular weight excluding hydrogens is 388 g/mol. The minimum absolute atomic E-state index is 0.602. The fourth-order valence-electron chi connectivity index (χ4n) is 2.92. The van der Waals surface area contributed by atoms with E-state index in [0.717, 1.165) is 15.6 Å². The number of methoxy groups -OCH3 is 2. The average molecular weight is 406 g/mol. The minimum Gasteiger partial charge on any atom is -0.365 e. The zero-order valence-electron chi connectivity index (χ0n) is 13.5. The molecule has 0 radical (unpaired) electrons. The van der Waals surface area contributed by atoms with Gasteiger partial charge in [0.1, 0.15) is 11.2 Å². The van der Waals surface area contributed by atoms with Crippen molar-refractivity contribution in [3.8, 4) is 0 Å². The summed E-state index contributed by atoms with van der Waals surface area (Å²) in [5.74, 6) is 0. The largest absolute Gasteiger partial charge is 0.365 e. The van der Waals surface area contributed by atoms with Crippen molar-refractivity contribution in [2.75, 3.05) is 14.2 Å². The van der Waals surface area contributed by atoms with Gasteiger partial charge in [0.25, 0.3) is 0 Å². The van der Waals surface area contributed by atoms with Gasteiger partial charge in [-0.25, -0.2) is 0 Å². The maximum absolute atomic E-state index is 6.00. The topological polar surface area (TPSA) is 18.5 Å². The van der Waals surface area contributed by atoms with Gasteiger partial charge in [-0.3, -0.25) is 0 Å². The maximum Gasteiger partial charge on any atom is 0.129 e. The van der Waals surface area contributed by atoms with Gasteiger partial charge in [-0.05, 0) is 59.7 Å². The van der Waals surface area contributed by atoms with Crippen LogP contribution in [0, 0.1) is 0 Å². The fourth-order valence-corrected chi connectivity index (χ4v) is 3.31. The summed E-state index contributed by atoms with van der Waals surface area (Å²) in [4.78, 5) is 0. The molecule has 4 heteroatoms. The van der Waals surface area contributed by atoms with Crippen LogP contribution in [0.1, 0.15) is 11.1 Å². The third-order valence-electron chi connectivity index (χ3n) is 4.42. The Morgan fingerprint density at radius 2 is 1.08 bits per heavy atom. The number of hydrogen-bond acceptors (Lipinski definition) is 2. The van der Waals surface area contributed by atoms with Gasteiger partial charge in [-0.15, -0.1) is 0 Å². The summed E-state index contributed by atoms with van der Waals surface area (Å²) >= 11 is 9.47. The Bertz CT molecular complexity index is 684. The molecule has 0 aliphatic heterocycles. The third-order valence-corrected chi connectivity index (χ3v) is 5.20. The van der Waals surface area contributed by atoms with Gasteiger partial charge in [0.05, 0.1) is 0 Å². The highest BCUT2D eigenvalue weighted by atomic mass is 79.9. The van der Waals surface area contributed by atoms with E-state index in [9.17, 15) is 0 Å². The quantitative estimate of drug-likeness (QED) is 0.615. The molecule has 2 aromatic carbocycles. The minimum atomic E-state index is -0.623. The van der Waals surface area contributed by atoms with Crippen molar-refractivity contribution in [2.45, 2.75) is 11.2 Å². The molecule has 3 rings (SSSR count). The first-order valence-electron chi connectivity index (χ1n) is 7.57. The normalized spacial score (nSPS) is 25.8. The lowest BCUT2D eigenvalue weighted by Crippen LogP contribution is -2.33. The predicted octanol–water partition coefficient (Wildman–Crippen LogP) is 5.61. The summed E-state index contributed by atoms with van der Waals surface area (Å²) in [7, 11) is 3.40. The van der Waals surface area contributed by atoms with Gasteiger partial charge in [-0.1, -0.05) is 51.8 Å². The zero-order valence-corrected chi connectivity index (χ0v) is 15.8. The summed E-state index contributed by atoms with van der Waals surface area (Å²) in [5.41, 5.74) is 0.848. The van der Waals surface area contributed by atoms with E-state index in [0.29, 0.717) is 5.02 Å². The molecule has 1 aliphatic carbocycles. The predicted molar refractivity (Wildman–Crippen MR) is 101 cm³/mol. The zero-order chi connectivity index (χ0) is 17.2. The number of halogens is 2. The Morgan fingerprint density at radius 3 is 1.46 bits per heavy atom. The van der Waals surface area contributed by atoms with E-state index in [1.54, 1.807) is 14.2 Å². The van der Waals surface area contributed by atoms with E-state index in [-0.39, 0.29) is 0 Å². The van der Waals surface area contributed by atoms with E-state index in [4.69, 9.17) is 21.1 Å². The molecule has 0 N–H and O–H groups in total. The molecule has 0 heterocycles. The molecule has 0 saturated carbocycles. The first-order chi connectivity index (χ1) is 11.5. The van der Waals surface area contributed by atoms with E-state index in [1.165, 1.54) is 0 Å². The van der Waals surface area contributed by atoms with E-state index < -0.39 is 11.2 Å². The fraction of sp³-hybridized carbons (Fsp3) is 0.200. The standard InChI is InChI=1S/C20H18BrClO2/c1-23-19(15-3-7-17(21)8-4-15)11-13-20(24-2,14-12-19)16-5-9-18(22)10-6-16/h3-14H,1-2H3. The van der Waals surface area contributed by atoms with Crippen molar-refractivity contribution in [1.82, 2.24) is 0 Å². The average Bonchev–Trinajstić information content (AvgIpc) is 2.63. The molecule has 0 atom stereocenters. The molecule has 2 aromatic rings. The molecule has 0 unspecified atom stereocenters. The molecule has 0 amide bonds. The lowest BCUT2D eigenvalue weighted by atomic mass is 9.81. The van der Waals surface area contributed by atoms with Crippen LogP contribution in [-0.2, 0) is 20.7 Å². The van der Waals surface area contributed by atoms with Crippen LogP contribution in [0.15, 0.2) is 77.3 Å². The summed E-state index contributed by atoms with van der Waals surface area (Å²) in [6.07, 6.45) is 8.13. The van der Waals surface area contributed by atoms with Gasteiger partial charge >= 0.3 is 0 Å². The first-order valence-corrected chi connectivity index (χ1v) is 8.74. The van der Waals surface area contributed by atoms with Gasteiger partial charge in [-0.2, -0.15) is 0 Å². The molecule has 1 aliphatic rings. The summed E-state index contributed by atoms with van der Waals surface area (Å²) < 4.78 is 12.7. The highest BCUT2D eigenvalue weighted by Crippen LogP contribution is 2.40. The SMILES string of the molecule is COC1(c2ccc(Cl)cc2)C=CC(OC)(c2ccc(Br)cc2)C=C1. The molecule has 24 heavy (non-hydrogen) atoms. The van der Waals surface area contributed by atoms with Crippen LogP contribution in [0.4, 0.5) is 0 Å². The Morgan fingerprint density at radius 1 is 0.708 bits per heavy atom. The summed E-state index contributed by atoms with van der Waals surface area (Å²) in [5, 5.41) is 0.704. The van der Waals surface area contributed by atoms with E-state index >= 15 is 0 Å². The number of ether oxygens (including phenoxy) is 2. The Kier molecular flexibility index (Phi) is 4.97. The van der Waals surface area contributed by atoms with Crippen molar-refractivity contribution < 1.29 is 9.47 Å². The van der Waals surface area contributed by atoms with Crippen LogP contribution < -0.4 is 0 Å². The highest BCUT2D eigenvalue weighted by molar-refractivity contribution is 9.10. The van der Waals surface area contributed by atoms with Gasteiger partial charge in [0.2, 0.25) is 0 Å². The van der Waals surface area contributed by atoms with Crippen molar-refractivity contribution in [1.29, 1.82) is 0 Å². The lowest BCUT2D eigenvalue weighted by Gasteiger charge is -2.36.